The van der Waals surface area contributed by atoms with E-state index in [0.717, 1.165) is 44.9 Å². The highest BCUT2D eigenvalue weighted by Crippen LogP contribution is 2.20. The lowest BCUT2D eigenvalue weighted by atomic mass is 9.99. The van der Waals surface area contributed by atoms with E-state index in [1.54, 1.807) is 0 Å². The molecule has 0 N–H and O–H groups in total. The summed E-state index contributed by atoms with van der Waals surface area (Å²) >= 11 is 0. The van der Waals surface area contributed by atoms with Gasteiger partial charge in [0, 0.05) is 11.1 Å². The molecule has 0 atom stereocenters. The maximum Gasteiger partial charge on any atom is 0.334 e. The predicted molar refractivity (Wildman–Crippen MR) is 93.2 cm³/mol. The molecule has 0 heterocycles. The van der Waals surface area contributed by atoms with Gasteiger partial charge in [0.25, 0.3) is 0 Å². The van der Waals surface area contributed by atoms with E-state index in [4.69, 9.17) is 9.47 Å². The summed E-state index contributed by atoms with van der Waals surface area (Å²) in [5.41, 5.74) is 0.997. The van der Waals surface area contributed by atoms with Crippen LogP contribution in [0.4, 0.5) is 0 Å². The van der Waals surface area contributed by atoms with Gasteiger partial charge in [0.05, 0.1) is 13.2 Å². The van der Waals surface area contributed by atoms with Crippen LogP contribution < -0.4 is 0 Å². The van der Waals surface area contributed by atoms with E-state index in [-0.39, 0.29) is 11.9 Å². The van der Waals surface area contributed by atoms with Crippen molar-refractivity contribution in [3.05, 3.63) is 11.1 Å². The average Bonchev–Trinajstić information content (AvgIpc) is 2.54. The van der Waals surface area contributed by atoms with Gasteiger partial charge >= 0.3 is 11.9 Å². The lowest BCUT2D eigenvalue weighted by Gasteiger charge is -2.13. The van der Waals surface area contributed by atoms with Gasteiger partial charge in [-0.25, -0.2) is 9.59 Å². The molecule has 0 unspecified atom stereocenters. The predicted octanol–water partition coefficient (Wildman–Crippen LogP) is 4.96. The topological polar surface area (TPSA) is 52.6 Å². The zero-order valence-electron chi connectivity index (χ0n) is 15.4. The van der Waals surface area contributed by atoms with Crippen LogP contribution in [0.5, 0.6) is 0 Å². The van der Waals surface area contributed by atoms with Gasteiger partial charge in [0.15, 0.2) is 0 Å². The molecule has 0 spiro atoms. The summed E-state index contributed by atoms with van der Waals surface area (Å²) in [6, 6.07) is 0. The second kappa shape index (κ2) is 14.3. The number of esters is 2. The Morgan fingerprint density at radius 1 is 0.652 bits per heavy atom. The summed E-state index contributed by atoms with van der Waals surface area (Å²) in [5, 5.41) is 0. The fraction of sp³-hybridized carbons (Fsp3) is 0.789. The van der Waals surface area contributed by atoms with Crippen LogP contribution in [0.3, 0.4) is 0 Å². The van der Waals surface area contributed by atoms with Crippen LogP contribution in [0.1, 0.15) is 85.5 Å². The standard InChI is InChI=1S/C19H34O4/c1-5-9-12-13-17(19(21)23-15-11-7-3)16(8-4)18(20)22-14-10-6-2/h5-15H2,1-4H3/b17-16-. The largest absolute Gasteiger partial charge is 0.462 e. The summed E-state index contributed by atoms with van der Waals surface area (Å²) in [5.74, 6) is -0.710. The van der Waals surface area contributed by atoms with Crippen LogP contribution in [-0.4, -0.2) is 25.2 Å². The van der Waals surface area contributed by atoms with Crippen molar-refractivity contribution in [2.45, 2.75) is 85.5 Å². The Morgan fingerprint density at radius 3 is 1.57 bits per heavy atom. The van der Waals surface area contributed by atoms with Crippen LogP contribution in [0.25, 0.3) is 0 Å². The van der Waals surface area contributed by atoms with E-state index in [0.29, 0.717) is 37.2 Å². The summed E-state index contributed by atoms with van der Waals surface area (Å²) in [7, 11) is 0. The second-order valence-electron chi connectivity index (χ2n) is 5.75. The number of ether oxygens (including phenoxy) is 2. The summed E-state index contributed by atoms with van der Waals surface area (Å²) < 4.78 is 10.6. The van der Waals surface area contributed by atoms with E-state index in [1.165, 1.54) is 0 Å². The van der Waals surface area contributed by atoms with E-state index >= 15 is 0 Å². The van der Waals surface area contributed by atoms with Crippen molar-refractivity contribution in [2.24, 2.45) is 0 Å². The van der Waals surface area contributed by atoms with Crippen molar-refractivity contribution in [3.8, 4) is 0 Å². The molecule has 0 rings (SSSR count). The molecule has 0 aliphatic carbocycles. The molecule has 0 aromatic carbocycles. The van der Waals surface area contributed by atoms with Gasteiger partial charge in [0.2, 0.25) is 0 Å². The zero-order valence-corrected chi connectivity index (χ0v) is 15.4. The molecule has 4 nitrogen and oxygen atoms in total. The maximum absolute atomic E-state index is 12.4. The number of unbranched alkanes of at least 4 members (excludes halogenated alkanes) is 4. The third kappa shape index (κ3) is 9.42. The van der Waals surface area contributed by atoms with E-state index in [2.05, 4.69) is 13.8 Å². The van der Waals surface area contributed by atoms with Gasteiger partial charge < -0.3 is 9.47 Å². The fourth-order valence-corrected chi connectivity index (χ4v) is 2.20. The smallest absolute Gasteiger partial charge is 0.334 e. The van der Waals surface area contributed by atoms with Gasteiger partial charge in [-0.05, 0) is 32.1 Å². The van der Waals surface area contributed by atoms with Crippen LogP contribution in [0.2, 0.25) is 0 Å². The van der Waals surface area contributed by atoms with Crippen molar-refractivity contribution >= 4 is 11.9 Å². The highest BCUT2D eigenvalue weighted by atomic mass is 16.5. The van der Waals surface area contributed by atoms with Crippen LogP contribution in [-0.2, 0) is 19.1 Å². The van der Waals surface area contributed by atoms with Gasteiger partial charge in [-0.15, -0.1) is 0 Å². The zero-order chi connectivity index (χ0) is 17.5. The first kappa shape index (κ1) is 21.7. The summed E-state index contributed by atoms with van der Waals surface area (Å²) in [4.78, 5) is 24.6. The molecular formula is C19H34O4. The normalized spacial score (nSPS) is 11.8. The average molecular weight is 326 g/mol. The number of hydrogen-bond acceptors (Lipinski definition) is 4. The molecule has 0 aromatic rings. The molecule has 23 heavy (non-hydrogen) atoms. The Labute approximate surface area is 141 Å². The summed E-state index contributed by atoms with van der Waals surface area (Å²) in [6.07, 6.45) is 7.71. The van der Waals surface area contributed by atoms with E-state index in [1.807, 2.05) is 13.8 Å². The van der Waals surface area contributed by atoms with Gasteiger partial charge in [0.1, 0.15) is 0 Å². The van der Waals surface area contributed by atoms with Crippen LogP contribution in [0.15, 0.2) is 11.1 Å². The third-order valence-corrected chi connectivity index (χ3v) is 3.70. The molecule has 0 amide bonds. The number of hydrogen-bond donors (Lipinski definition) is 0. The van der Waals surface area contributed by atoms with Crippen molar-refractivity contribution in [1.29, 1.82) is 0 Å². The third-order valence-electron chi connectivity index (χ3n) is 3.70. The van der Waals surface area contributed by atoms with Gasteiger partial charge in [-0.3, -0.25) is 0 Å². The maximum atomic E-state index is 12.4. The molecule has 0 bridgehead atoms. The molecule has 0 saturated heterocycles. The molecule has 0 fully saturated rings. The fourth-order valence-electron chi connectivity index (χ4n) is 2.20. The quantitative estimate of drug-likeness (QED) is 0.273. The lowest BCUT2D eigenvalue weighted by Crippen LogP contribution is -2.17. The first-order valence-corrected chi connectivity index (χ1v) is 9.18. The SMILES string of the molecule is CCCCC/C(C(=O)OCCCC)=C(\CC)C(=O)OCCCC. The first-order chi connectivity index (χ1) is 11.1. The molecular weight excluding hydrogens is 292 g/mol. The van der Waals surface area contributed by atoms with Crippen molar-refractivity contribution in [2.75, 3.05) is 13.2 Å². The highest BCUT2D eigenvalue weighted by molar-refractivity contribution is 6.00. The Morgan fingerprint density at radius 2 is 1.13 bits per heavy atom. The van der Waals surface area contributed by atoms with Gasteiger partial charge in [-0.1, -0.05) is 53.4 Å². The Bertz CT molecular complexity index is 372. The molecule has 4 heteroatoms. The van der Waals surface area contributed by atoms with Crippen molar-refractivity contribution in [3.63, 3.8) is 0 Å². The van der Waals surface area contributed by atoms with E-state index < -0.39 is 0 Å². The van der Waals surface area contributed by atoms with E-state index in [9.17, 15) is 9.59 Å². The van der Waals surface area contributed by atoms with Crippen LogP contribution in [0, 0.1) is 0 Å². The molecule has 134 valence electrons. The summed E-state index contributed by atoms with van der Waals surface area (Å²) in [6.45, 7) is 8.92. The number of carbonyl (C=O) groups excluding carboxylic acids is 2. The van der Waals surface area contributed by atoms with Crippen molar-refractivity contribution in [1.82, 2.24) is 0 Å². The van der Waals surface area contributed by atoms with Gasteiger partial charge in [-0.2, -0.15) is 0 Å². The minimum Gasteiger partial charge on any atom is -0.462 e. The Balaban J connectivity index is 5.03. The Hall–Kier alpha value is -1.32. The highest BCUT2D eigenvalue weighted by Gasteiger charge is 2.21. The minimum absolute atomic E-state index is 0.348. The lowest BCUT2D eigenvalue weighted by molar-refractivity contribution is -0.142. The molecule has 0 aliphatic heterocycles. The monoisotopic (exact) mass is 326 g/mol. The molecule has 0 radical (unpaired) electrons. The molecule has 0 saturated carbocycles. The molecule has 0 aliphatic rings. The Kier molecular flexibility index (Phi) is 13.5. The minimum atomic E-state index is -0.361. The number of carbonyl (C=O) groups is 2. The number of rotatable bonds is 13. The van der Waals surface area contributed by atoms with Crippen LogP contribution >= 0.6 is 0 Å². The van der Waals surface area contributed by atoms with Crippen molar-refractivity contribution < 1.29 is 19.1 Å². The molecule has 0 aromatic heterocycles. The first-order valence-electron chi connectivity index (χ1n) is 9.18. The second-order valence-corrected chi connectivity index (χ2v) is 5.75.